The molecule has 72 valence electrons. The lowest BCUT2D eigenvalue weighted by Crippen LogP contribution is -2.23. The van der Waals surface area contributed by atoms with Gasteiger partial charge in [0.25, 0.3) is 0 Å². The molecular weight excluding hydrogens is 164 g/mol. The second-order valence-corrected chi connectivity index (χ2v) is 4.21. The van der Waals surface area contributed by atoms with Crippen molar-refractivity contribution < 1.29 is 9.53 Å². The first-order valence-corrected chi connectivity index (χ1v) is 5.07. The van der Waals surface area contributed by atoms with Crippen LogP contribution in [0.25, 0.3) is 0 Å². The zero-order valence-electron chi connectivity index (χ0n) is 7.92. The van der Waals surface area contributed by atoms with Crippen molar-refractivity contribution in [1.29, 1.82) is 0 Å². The van der Waals surface area contributed by atoms with Gasteiger partial charge in [0.15, 0.2) is 0 Å². The van der Waals surface area contributed by atoms with Crippen LogP contribution in [0.5, 0.6) is 0 Å². The van der Waals surface area contributed by atoms with Crippen LogP contribution < -0.4 is 0 Å². The fourth-order valence-corrected chi connectivity index (χ4v) is 2.25. The number of hydrogen-bond donors (Lipinski definition) is 0. The minimum absolute atomic E-state index is 0.170. The van der Waals surface area contributed by atoms with Gasteiger partial charge in [-0.25, -0.2) is 0 Å². The van der Waals surface area contributed by atoms with Crippen LogP contribution in [0.1, 0.15) is 32.1 Å². The van der Waals surface area contributed by atoms with Crippen molar-refractivity contribution in [3.8, 4) is 0 Å². The number of carbonyl (C=O) groups excluding carboxylic acids is 1. The summed E-state index contributed by atoms with van der Waals surface area (Å²) in [5.74, 6) is 0. The average molecular weight is 180 g/mol. The van der Waals surface area contributed by atoms with Crippen LogP contribution in [0.4, 0.5) is 0 Å². The summed E-state index contributed by atoms with van der Waals surface area (Å²) in [6, 6.07) is 0. The Labute approximate surface area is 79.0 Å². The Hall–Kier alpha value is -0.630. The summed E-state index contributed by atoms with van der Waals surface area (Å²) in [5.41, 5.74) is 1.30. The maximum atomic E-state index is 11.0. The fourth-order valence-electron chi connectivity index (χ4n) is 2.25. The van der Waals surface area contributed by atoms with Crippen molar-refractivity contribution in [2.45, 2.75) is 32.1 Å². The fraction of sp³-hybridized carbons (Fsp3) is 0.727. The van der Waals surface area contributed by atoms with E-state index in [4.69, 9.17) is 4.74 Å². The predicted molar refractivity (Wildman–Crippen MR) is 50.5 cm³/mol. The minimum atomic E-state index is -0.170. The van der Waals surface area contributed by atoms with Gasteiger partial charge >= 0.3 is 0 Å². The van der Waals surface area contributed by atoms with Gasteiger partial charge in [0.2, 0.25) is 0 Å². The van der Waals surface area contributed by atoms with Crippen LogP contribution >= 0.6 is 0 Å². The Morgan fingerprint density at radius 1 is 1.62 bits per heavy atom. The first-order chi connectivity index (χ1) is 6.35. The van der Waals surface area contributed by atoms with Gasteiger partial charge in [-0.1, -0.05) is 11.6 Å². The third kappa shape index (κ3) is 1.83. The molecule has 0 aromatic heterocycles. The number of aldehydes is 1. The number of carbonyl (C=O) groups is 1. The highest BCUT2D eigenvalue weighted by Crippen LogP contribution is 2.36. The molecule has 0 saturated carbocycles. The molecule has 1 saturated heterocycles. The van der Waals surface area contributed by atoms with Crippen molar-refractivity contribution in [3.05, 3.63) is 11.6 Å². The van der Waals surface area contributed by atoms with Gasteiger partial charge in [-0.05, 0) is 32.1 Å². The van der Waals surface area contributed by atoms with E-state index in [1.54, 1.807) is 0 Å². The second kappa shape index (κ2) is 3.62. The van der Waals surface area contributed by atoms with Crippen LogP contribution in [-0.2, 0) is 9.53 Å². The van der Waals surface area contributed by atoms with E-state index in [0.717, 1.165) is 25.7 Å². The second-order valence-electron chi connectivity index (χ2n) is 4.21. The highest BCUT2D eigenvalue weighted by Gasteiger charge is 2.35. The number of allylic oxidation sites excluding steroid dienone is 2. The summed E-state index contributed by atoms with van der Waals surface area (Å²) >= 11 is 0. The molecule has 0 aromatic carbocycles. The lowest BCUT2D eigenvalue weighted by Gasteiger charge is -2.20. The van der Waals surface area contributed by atoms with Crippen molar-refractivity contribution in [3.63, 3.8) is 0 Å². The summed E-state index contributed by atoms with van der Waals surface area (Å²) in [6.07, 6.45) is 8.92. The Balaban J connectivity index is 2.00. The number of ether oxygens (including phenoxy) is 1. The maximum Gasteiger partial charge on any atom is 0.128 e. The van der Waals surface area contributed by atoms with E-state index in [0.29, 0.717) is 6.61 Å². The molecule has 0 N–H and O–H groups in total. The Morgan fingerprint density at radius 2 is 2.54 bits per heavy atom. The van der Waals surface area contributed by atoms with Crippen molar-refractivity contribution in [2.24, 2.45) is 5.41 Å². The van der Waals surface area contributed by atoms with Crippen LogP contribution in [0, 0.1) is 5.41 Å². The van der Waals surface area contributed by atoms with Crippen molar-refractivity contribution in [2.75, 3.05) is 13.2 Å². The van der Waals surface area contributed by atoms with E-state index in [2.05, 4.69) is 6.08 Å². The average Bonchev–Trinajstić information content (AvgIpc) is 2.77. The molecule has 0 amide bonds. The molecule has 2 rings (SSSR count). The van der Waals surface area contributed by atoms with E-state index in [9.17, 15) is 4.79 Å². The third-order valence-corrected chi connectivity index (χ3v) is 3.10. The zero-order valence-corrected chi connectivity index (χ0v) is 7.92. The normalized spacial score (nSPS) is 33.4. The Kier molecular flexibility index (Phi) is 2.49. The van der Waals surface area contributed by atoms with Crippen LogP contribution in [0.15, 0.2) is 11.6 Å². The zero-order chi connectivity index (χ0) is 9.15. The quantitative estimate of drug-likeness (QED) is 0.491. The Morgan fingerprint density at radius 3 is 3.08 bits per heavy atom. The van der Waals surface area contributed by atoms with Gasteiger partial charge < -0.3 is 9.53 Å². The third-order valence-electron chi connectivity index (χ3n) is 3.10. The summed E-state index contributed by atoms with van der Waals surface area (Å²) in [7, 11) is 0. The van der Waals surface area contributed by atoms with E-state index < -0.39 is 0 Å². The molecular formula is C11H16O2. The molecule has 2 aliphatic rings. The molecule has 1 fully saturated rings. The monoisotopic (exact) mass is 180 g/mol. The molecule has 1 atom stereocenters. The molecule has 1 aliphatic carbocycles. The summed E-state index contributed by atoms with van der Waals surface area (Å²) in [6.45, 7) is 1.39. The minimum Gasteiger partial charge on any atom is -0.380 e. The summed E-state index contributed by atoms with van der Waals surface area (Å²) in [4.78, 5) is 11.0. The highest BCUT2D eigenvalue weighted by molar-refractivity contribution is 5.61. The van der Waals surface area contributed by atoms with Gasteiger partial charge in [0, 0.05) is 6.61 Å². The van der Waals surface area contributed by atoms with E-state index in [-0.39, 0.29) is 5.41 Å². The molecule has 0 radical (unpaired) electrons. The first-order valence-electron chi connectivity index (χ1n) is 5.07. The van der Waals surface area contributed by atoms with Crippen molar-refractivity contribution >= 4 is 6.29 Å². The summed E-state index contributed by atoms with van der Waals surface area (Å²) < 4.78 is 5.30. The molecule has 0 bridgehead atoms. The molecule has 2 nitrogen and oxygen atoms in total. The molecule has 1 heterocycles. The molecule has 0 aromatic rings. The van der Waals surface area contributed by atoms with Crippen LogP contribution in [0.2, 0.25) is 0 Å². The van der Waals surface area contributed by atoms with Crippen molar-refractivity contribution in [1.82, 2.24) is 0 Å². The first kappa shape index (κ1) is 8.95. The van der Waals surface area contributed by atoms with E-state index >= 15 is 0 Å². The smallest absolute Gasteiger partial charge is 0.128 e. The molecule has 2 heteroatoms. The SMILES string of the molecule is O=CC1(CC2=CCCC2)CCOC1. The molecule has 0 spiro atoms. The van der Waals surface area contributed by atoms with Crippen LogP contribution in [0.3, 0.4) is 0 Å². The lowest BCUT2D eigenvalue weighted by molar-refractivity contribution is -0.116. The lowest BCUT2D eigenvalue weighted by atomic mass is 9.82. The van der Waals surface area contributed by atoms with Gasteiger partial charge in [-0.2, -0.15) is 0 Å². The molecule has 13 heavy (non-hydrogen) atoms. The Bertz CT molecular complexity index is 224. The van der Waals surface area contributed by atoms with Gasteiger partial charge in [-0.3, -0.25) is 0 Å². The van der Waals surface area contributed by atoms with E-state index in [1.165, 1.54) is 24.8 Å². The number of rotatable bonds is 3. The standard InChI is InChI=1S/C11H16O2/c12-8-11(5-6-13-9-11)7-10-3-1-2-4-10/h3,8H,1-2,4-7,9H2. The summed E-state index contributed by atoms with van der Waals surface area (Å²) in [5, 5.41) is 0. The predicted octanol–water partition coefficient (Wildman–Crippen LogP) is 2.09. The van der Waals surface area contributed by atoms with Gasteiger partial charge in [0.05, 0.1) is 12.0 Å². The van der Waals surface area contributed by atoms with E-state index in [1.807, 2.05) is 0 Å². The topological polar surface area (TPSA) is 26.3 Å². The number of hydrogen-bond acceptors (Lipinski definition) is 2. The largest absolute Gasteiger partial charge is 0.380 e. The van der Waals surface area contributed by atoms with Gasteiger partial charge in [-0.15, -0.1) is 0 Å². The maximum absolute atomic E-state index is 11.0. The molecule has 1 unspecified atom stereocenters. The highest BCUT2D eigenvalue weighted by atomic mass is 16.5. The van der Waals surface area contributed by atoms with Crippen LogP contribution in [-0.4, -0.2) is 19.5 Å². The van der Waals surface area contributed by atoms with Gasteiger partial charge in [0.1, 0.15) is 6.29 Å². The molecule has 1 aliphatic heterocycles.